The van der Waals surface area contributed by atoms with E-state index in [1.165, 1.54) is 19.3 Å². The standard InChI is InChI=1S/C8H17NO.BF4/c1-3-8-6-5-7-9(8)10-4-2;2-1(3,4)5/h8H,3-7H2,1-2H3;/q;-1. The summed E-state index contributed by atoms with van der Waals surface area (Å²) >= 11 is 0. The lowest BCUT2D eigenvalue weighted by molar-refractivity contribution is -0.164. The third-order valence-corrected chi connectivity index (χ3v) is 2.09. The summed E-state index contributed by atoms with van der Waals surface area (Å²) in [6.07, 6.45) is 3.84. The van der Waals surface area contributed by atoms with Gasteiger partial charge in [0.15, 0.2) is 0 Å². The zero-order chi connectivity index (χ0) is 11.9. The van der Waals surface area contributed by atoms with Gasteiger partial charge in [0.05, 0.1) is 6.61 Å². The van der Waals surface area contributed by atoms with E-state index in [-0.39, 0.29) is 0 Å². The van der Waals surface area contributed by atoms with Gasteiger partial charge in [0.2, 0.25) is 0 Å². The second-order valence-electron chi connectivity index (χ2n) is 3.26. The zero-order valence-electron chi connectivity index (χ0n) is 9.06. The Kier molecular flexibility index (Phi) is 6.92. The van der Waals surface area contributed by atoms with Gasteiger partial charge < -0.3 is 17.3 Å². The van der Waals surface area contributed by atoms with Gasteiger partial charge in [-0.25, -0.2) is 0 Å². The molecular formula is C8H17BF4NO-. The summed E-state index contributed by atoms with van der Waals surface area (Å²) in [6.45, 7) is 6.22. The molecule has 0 radical (unpaired) electrons. The Labute approximate surface area is 87.6 Å². The third kappa shape index (κ3) is 8.68. The molecule has 1 aliphatic rings. The number of hydrogen-bond acceptors (Lipinski definition) is 2. The van der Waals surface area contributed by atoms with E-state index in [1.807, 2.05) is 6.92 Å². The highest BCUT2D eigenvalue weighted by molar-refractivity contribution is 6.50. The van der Waals surface area contributed by atoms with E-state index in [4.69, 9.17) is 4.84 Å². The lowest BCUT2D eigenvalue weighted by Gasteiger charge is -2.21. The third-order valence-electron chi connectivity index (χ3n) is 2.09. The van der Waals surface area contributed by atoms with Gasteiger partial charge in [-0.05, 0) is 26.2 Å². The molecule has 1 unspecified atom stereocenters. The molecule has 0 aliphatic carbocycles. The maximum Gasteiger partial charge on any atom is 0.673 e. The predicted octanol–water partition coefficient (Wildman–Crippen LogP) is 3.11. The molecule has 15 heavy (non-hydrogen) atoms. The molecule has 1 rings (SSSR count). The van der Waals surface area contributed by atoms with Crippen LogP contribution in [0.4, 0.5) is 17.3 Å². The maximum atomic E-state index is 9.75. The number of rotatable bonds is 3. The fraction of sp³-hybridized carbons (Fsp3) is 1.00. The second kappa shape index (κ2) is 7.06. The van der Waals surface area contributed by atoms with E-state index in [0.29, 0.717) is 6.04 Å². The van der Waals surface area contributed by atoms with Crippen molar-refractivity contribution in [3.63, 3.8) is 0 Å². The van der Waals surface area contributed by atoms with Crippen molar-refractivity contribution in [3.05, 3.63) is 0 Å². The largest absolute Gasteiger partial charge is 0.673 e. The zero-order valence-corrected chi connectivity index (χ0v) is 9.06. The van der Waals surface area contributed by atoms with Crippen LogP contribution in [0.2, 0.25) is 0 Å². The van der Waals surface area contributed by atoms with E-state index in [1.54, 1.807) is 0 Å². The van der Waals surface area contributed by atoms with E-state index in [2.05, 4.69) is 12.0 Å². The molecule has 1 atom stereocenters. The molecule has 0 amide bonds. The Morgan fingerprint density at radius 3 is 2.20 bits per heavy atom. The van der Waals surface area contributed by atoms with Gasteiger partial charge in [0, 0.05) is 12.6 Å². The van der Waals surface area contributed by atoms with Crippen molar-refractivity contribution >= 4 is 7.25 Å². The van der Waals surface area contributed by atoms with Crippen molar-refractivity contribution in [2.24, 2.45) is 0 Å². The molecule has 1 heterocycles. The number of nitrogens with zero attached hydrogens (tertiary/aromatic N) is 1. The van der Waals surface area contributed by atoms with Crippen molar-refractivity contribution in [1.82, 2.24) is 5.06 Å². The van der Waals surface area contributed by atoms with Gasteiger partial charge >= 0.3 is 7.25 Å². The van der Waals surface area contributed by atoms with Gasteiger partial charge in [0.25, 0.3) is 0 Å². The number of halogens is 4. The number of hydroxylamine groups is 2. The highest BCUT2D eigenvalue weighted by atomic mass is 19.5. The highest BCUT2D eigenvalue weighted by Gasteiger charge is 2.22. The van der Waals surface area contributed by atoms with Crippen LogP contribution in [0.15, 0.2) is 0 Å². The first kappa shape index (κ1) is 14.7. The van der Waals surface area contributed by atoms with Crippen LogP contribution in [-0.2, 0) is 4.84 Å². The van der Waals surface area contributed by atoms with Crippen LogP contribution >= 0.6 is 0 Å². The van der Waals surface area contributed by atoms with Crippen LogP contribution in [0.1, 0.15) is 33.1 Å². The fourth-order valence-electron chi connectivity index (χ4n) is 1.55. The van der Waals surface area contributed by atoms with Crippen LogP contribution in [0, 0.1) is 0 Å². The van der Waals surface area contributed by atoms with Crippen LogP contribution in [-0.4, -0.2) is 31.5 Å². The molecular weight excluding hydrogens is 213 g/mol. The van der Waals surface area contributed by atoms with Crippen LogP contribution in [0.25, 0.3) is 0 Å². The molecule has 0 aromatic carbocycles. The Bertz CT molecular complexity index is 161. The Balaban J connectivity index is 0.000000336. The average Bonchev–Trinajstić information content (AvgIpc) is 2.49. The van der Waals surface area contributed by atoms with Crippen molar-refractivity contribution in [2.45, 2.75) is 39.2 Å². The molecule has 92 valence electrons. The SMILES string of the molecule is CCON1CCCC1CC.F[B-](F)(F)F. The molecule has 0 N–H and O–H groups in total. The van der Waals surface area contributed by atoms with Crippen molar-refractivity contribution in [3.8, 4) is 0 Å². The summed E-state index contributed by atoms with van der Waals surface area (Å²) in [5, 5.41) is 2.14. The minimum Gasteiger partial charge on any atom is -0.418 e. The van der Waals surface area contributed by atoms with E-state index in [9.17, 15) is 17.3 Å². The molecule has 2 nitrogen and oxygen atoms in total. The quantitative estimate of drug-likeness (QED) is 0.545. The lowest BCUT2D eigenvalue weighted by atomic mass is 10.2. The molecule has 1 fully saturated rings. The minimum atomic E-state index is -6.00. The van der Waals surface area contributed by atoms with E-state index >= 15 is 0 Å². The minimum absolute atomic E-state index is 0.694. The molecule has 0 bridgehead atoms. The fourth-order valence-corrected chi connectivity index (χ4v) is 1.55. The van der Waals surface area contributed by atoms with Gasteiger partial charge in [0.1, 0.15) is 0 Å². The molecule has 0 aromatic heterocycles. The highest BCUT2D eigenvalue weighted by Crippen LogP contribution is 2.19. The summed E-state index contributed by atoms with van der Waals surface area (Å²) in [6, 6.07) is 0.694. The lowest BCUT2D eigenvalue weighted by Crippen LogP contribution is -2.28. The molecule has 1 aliphatic heterocycles. The normalized spacial score (nSPS) is 22.4. The molecule has 0 aromatic rings. The second-order valence-corrected chi connectivity index (χ2v) is 3.26. The van der Waals surface area contributed by atoms with Crippen LogP contribution < -0.4 is 0 Å². The van der Waals surface area contributed by atoms with Crippen LogP contribution in [0.5, 0.6) is 0 Å². The van der Waals surface area contributed by atoms with Crippen LogP contribution in [0.3, 0.4) is 0 Å². The van der Waals surface area contributed by atoms with Gasteiger partial charge in [-0.15, -0.1) is 0 Å². The monoisotopic (exact) mass is 230 g/mol. The topological polar surface area (TPSA) is 12.5 Å². The molecule has 1 saturated heterocycles. The van der Waals surface area contributed by atoms with Gasteiger partial charge in [-0.3, -0.25) is 4.84 Å². The van der Waals surface area contributed by atoms with Crippen molar-refractivity contribution < 1.29 is 22.1 Å². The summed E-state index contributed by atoms with van der Waals surface area (Å²) in [7, 11) is -6.00. The molecule has 7 heteroatoms. The van der Waals surface area contributed by atoms with E-state index in [0.717, 1.165) is 13.2 Å². The summed E-state index contributed by atoms with van der Waals surface area (Å²) in [4.78, 5) is 5.44. The first-order valence-electron chi connectivity index (χ1n) is 5.15. The summed E-state index contributed by atoms with van der Waals surface area (Å²) in [5.74, 6) is 0. The van der Waals surface area contributed by atoms with Crippen molar-refractivity contribution in [1.29, 1.82) is 0 Å². The first-order valence-corrected chi connectivity index (χ1v) is 5.15. The number of hydrogen-bond donors (Lipinski definition) is 0. The smallest absolute Gasteiger partial charge is 0.418 e. The molecule has 0 spiro atoms. The summed E-state index contributed by atoms with van der Waals surface area (Å²) < 4.78 is 39.0. The Morgan fingerprint density at radius 2 is 1.80 bits per heavy atom. The van der Waals surface area contributed by atoms with Crippen molar-refractivity contribution in [2.75, 3.05) is 13.2 Å². The van der Waals surface area contributed by atoms with Gasteiger partial charge in [-0.2, -0.15) is 5.06 Å². The first-order chi connectivity index (χ1) is 6.88. The maximum absolute atomic E-state index is 9.75. The Hall–Kier alpha value is -0.295. The Morgan fingerprint density at radius 1 is 1.27 bits per heavy atom. The summed E-state index contributed by atoms with van der Waals surface area (Å²) in [5.41, 5.74) is 0. The average molecular weight is 230 g/mol. The predicted molar refractivity (Wildman–Crippen MR) is 51.8 cm³/mol. The van der Waals surface area contributed by atoms with Gasteiger partial charge in [-0.1, -0.05) is 6.92 Å². The molecule has 0 saturated carbocycles. The van der Waals surface area contributed by atoms with E-state index < -0.39 is 7.25 Å².